The van der Waals surface area contributed by atoms with E-state index in [0.717, 1.165) is 0 Å². The summed E-state index contributed by atoms with van der Waals surface area (Å²) in [7, 11) is 2.23. The molecule has 0 aromatic carbocycles. The zero-order chi connectivity index (χ0) is 10.2. The fraction of sp³-hybridized carbons (Fsp3) is 1.00. The lowest BCUT2D eigenvalue weighted by atomic mass is 10.00. The second kappa shape index (κ2) is 3.58. The topological polar surface area (TPSA) is 6.48 Å². The van der Waals surface area contributed by atoms with Crippen molar-refractivity contribution in [1.82, 2.24) is 9.80 Å². The molecule has 1 saturated heterocycles. The maximum absolute atomic E-state index is 2.59. The van der Waals surface area contributed by atoms with Crippen molar-refractivity contribution in [3.8, 4) is 0 Å². The van der Waals surface area contributed by atoms with Crippen molar-refractivity contribution in [2.75, 3.05) is 20.1 Å². The van der Waals surface area contributed by atoms with Gasteiger partial charge < -0.3 is 0 Å². The van der Waals surface area contributed by atoms with E-state index in [2.05, 4.69) is 51.5 Å². The molecular weight excluding hydrogens is 160 g/mol. The summed E-state index contributed by atoms with van der Waals surface area (Å²) < 4.78 is 0. The van der Waals surface area contributed by atoms with Gasteiger partial charge in [0.1, 0.15) is 0 Å². The molecule has 2 atom stereocenters. The molecule has 0 spiro atoms. The Morgan fingerprint density at radius 3 is 1.69 bits per heavy atom. The molecule has 0 bridgehead atoms. The van der Waals surface area contributed by atoms with Crippen molar-refractivity contribution in [2.45, 2.75) is 52.2 Å². The van der Waals surface area contributed by atoms with Crippen LogP contribution in [0.4, 0.5) is 0 Å². The molecule has 0 amide bonds. The Morgan fingerprint density at radius 2 is 1.38 bits per heavy atom. The van der Waals surface area contributed by atoms with E-state index >= 15 is 0 Å². The molecule has 2 nitrogen and oxygen atoms in total. The summed E-state index contributed by atoms with van der Waals surface area (Å²) in [6, 6.07) is 1.37. The minimum Gasteiger partial charge on any atom is -0.298 e. The number of hydrogen-bond donors (Lipinski definition) is 0. The van der Waals surface area contributed by atoms with E-state index < -0.39 is 0 Å². The first-order valence-corrected chi connectivity index (χ1v) is 5.29. The molecule has 1 heterocycles. The smallest absolute Gasteiger partial charge is 0.0195 e. The molecule has 0 N–H and O–H groups in total. The highest BCUT2D eigenvalue weighted by molar-refractivity contribution is 4.88. The average molecular weight is 184 g/mol. The Labute approximate surface area is 82.9 Å². The van der Waals surface area contributed by atoms with Gasteiger partial charge in [0.15, 0.2) is 0 Å². The molecule has 2 heteroatoms. The van der Waals surface area contributed by atoms with Crippen LogP contribution in [0.15, 0.2) is 0 Å². The van der Waals surface area contributed by atoms with Crippen LogP contribution in [0.25, 0.3) is 0 Å². The van der Waals surface area contributed by atoms with Crippen molar-refractivity contribution in [3.63, 3.8) is 0 Å². The van der Waals surface area contributed by atoms with Gasteiger partial charge >= 0.3 is 0 Å². The van der Waals surface area contributed by atoms with Gasteiger partial charge in [0.2, 0.25) is 0 Å². The highest BCUT2D eigenvalue weighted by Gasteiger charge is 2.32. The second-order valence-electron chi connectivity index (χ2n) is 5.44. The van der Waals surface area contributed by atoms with E-state index in [9.17, 15) is 0 Å². The van der Waals surface area contributed by atoms with Crippen molar-refractivity contribution < 1.29 is 0 Å². The summed E-state index contributed by atoms with van der Waals surface area (Å²) in [4.78, 5) is 5.06. The molecule has 0 saturated carbocycles. The van der Waals surface area contributed by atoms with Gasteiger partial charge in [-0.05, 0) is 41.7 Å². The number of rotatable bonds is 0. The lowest BCUT2D eigenvalue weighted by Gasteiger charge is -2.48. The molecule has 0 unspecified atom stereocenters. The molecule has 0 aliphatic carbocycles. The van der Waals surface area contributed by atoms with Crippen molar-refractivity contribution in [3.05, 3.63) is 0 Å². The first kappa shape index (κ1) is 11.0. The van der Waals surface area contributed by atoms with E-state index in [1.165, 1.54) is 13.1 Å². The summed E-state index contributed by atoms with van der Waals surface area (Å²) in [5.41, 5.74) is 0.323. The van der Waals surface area contributed by atoms with Gasteiger partial charge in [-0.3, -0.25) is 9.80 Å². The molecule has 13 heavy (non-hydrogen) atoms. The SMILES string of the molecule is C[C@H]1CN(C(C)(C)C)C[C@H](C)N1C. The molecule has 1 aliphatic heterocycles. The molecular formula is C11H24N2. The first-order chi connectivity index (χ1) is 5.82. The lowest BCUT2D eigenvalue weighted by molar-refractivity contribution is 0.00887. The third-order valence-electron chi connectivity index (χ3n) is 3.31. The van der Waals surface area contributed by atoms with Crippen LogP contribution in [0, 0.1) is 0 Å². The van der Waals surface area contributed by atoms with Crippen LogP contribution < -0.4 is 0 Å². The van der Waals surface area contributed by atoms with E-state index in [0.29, 0.717) is 17.6 Å². The van der Waals surface area contributed by atoms with Gasteiger partial charge in [-0.1, -0.05) is 0 Å². The third-order valence-corrected chi connectivity index (χ3v) is 3.31. The zero-order valence-electron chi connectivity index (χ0n) is 9.96. The number of likely N-dealkylation sites (N-methyl/N-ethyl adjacent to an activating group) is 1. The van der Waals surface area contributed by atoms with Crippen LogP contribution in [0.5, 0.6) is 0 Å². The zero-order valence-corrected chi connectivity index (χ0v) is 9.96. The third kappa shape index (κ3) is 2.44. The predicted octanol–water partition coefficient (Wildman–Crippen LogP) is 1.81. The summed E-state index contributed by atoms with van der Waals surface area (Å²) in [6.45, 7) is 13.9. The van der Waals surface area contributed by atoms with Crippen LogP contribution in [0.2, 0.25) is 0 Å². The van der Waals surface area contributed by atoms with Crippen LogP contribution in [0.1, 0.15) is 34.6 Å². The number of hydrogen-bond acceptors (Lipinski definition) is 2. The van der Waals surface area contributed by atoms with Crippen molar-refractivity contribution in [1.29, 1.82) is 0 Å². The minimum absolute atomic E-state index is 0.323. The largest absolute Gasteiger partial charge is 0.298 e. The van der Waals surface area contributed by atoms with Gasteiger partial charge in [-0.15, -0.1) is 0 Å². The summed E-state index contributed by atoms with van der Waals surface area (Å²) in [5.74, 6) is 0. The number of nitrogens with zero attached hydrogens (tertiary/aromatic N) is 2. The van der Waals surface area contributed by atoms with E-state index in [1.54, 1.807) is 0 Å². The Morgan fingerprint density at radius 1 is 1.00 bits per heavy atom. The van der Waals surface area contributed by atoms with Crippen LogP contribution in [-0.4, -0.2) is 47.6 Å². The highest BCUT2D eigenvalue weighted by Crippen LogP contribution is 2.21. The standard InChI is InChI=1S/C11H24N2/c1-9-7-13(11(3,4)5)8-10(2)12(9)6/h9-10H,7-8H2,1-6H3/t9-,10-/m0/s1. The lowest BCUT2D eigenvalue weighted by Crippen LogP contribution is -2.59. The van der Waals surface area contributed by atoms with Crippen molar-refractivity contribution >= 4 is 0 Å². The fourth-order valence-corrected chi connectivity index (χ4v) is 1.95. The van der Waals surface area contributed by atoms with E-state index in [4.69, 9.17) is 0 Å². The average Bonchev–Trinajstić information content (AvgIpc) is 1.97. The van der Waals surface area contributed by atoms with Gasteiger partial charge in [0.25, 0.3) is 0 Å². The molecule has 1 rings (SSSR count). The molecule has 1 fully saturated rings. The second-order valence-corrected chi connectivity index (χ2v) is 5.44. The quantitative estimate of drug-likeness (QED) is 0.566. The maximum Gasteiger partial charge on any atom is 0.0195 e. The molecule has 0 aromatic rings. The molecule has 1 aliphatic rings. The minimum atomic E-state index is 0.323. The maximum atomic E-state index is 2.59. The summed E-state index contributed by atoms with van der Waals surface area (Å²) in [6.07, 6.45) is 0. The van der Waals surface area contributed by atoms with Gasteiger partial charge in [-0.2, -0.15) is 0 Å². The first-order valence-electron chi connectivity index (χ1n) is 5.29. The van der Waals surface area contributed by atoms with Crippen LogP contribution >= 0.6 is 0 Å². The van der Waals surface area contributed by atoms with Gasteiger partial charge in [-0.25, -0.2) is 0 Å². The van der Waals surface area contributed by atoms with Crippen LogP contribution in [0.3, 0.4) is 0 Å². The Hall–Kier alpha value is -0.0800. The Kier molecular flexibility index (Phi) is 3.03. The van der Waals surface area contributed by atoms with E-state index in [1.807, 2.05) is 0 Å². The monoisotopic (exact) mass is 184 g/mol. The van der Waals surface area contributed by atoms with E-state index in [-0.39, 0.29) is 0 Å². The fourth-order valence-electron chi connectivity index (χ4n) is 1.95. The Balaban J connectivity index is 2.64. The Bertz CT molecular complexity index is 159. The normalized spacial score (nSPS) is 33.7. The molecule has 0 aromatic heterocycles. The molecule has 0 radical (unpaired) electrons. The summed E-state index contributed by atoms with van der Waals surface area (Å²) >= 11 is 0. The highest BCUT2D eigenvalue weighted by atomic mass is 15.3. The number of piperazine rings is 1. The molecule has 78 valence electrons. The predicted molar refractivity (Wildman–Crippen MR) is 58.0 cm³/mol. The van der Waals surface area contributed by atoms with Crippen molar-refractivity contribution in [2.24, 2.45) is 0 Å². The van der Waals surface area contributed by atoms with Gasteiger partial charge in [0.05, 0.1) is 0 Å². The van der Waals surface area contributed by atoms with Crippen LogP contribution in [-0.2, 0) is 0 Å². The van der Waals surface area contributed by atoms with Gasteiger partial charge in [0, 0.05) is 30.7 Å². The summed E-state index contributed by atoms with van der Waals surface area (Å²) in [5, 5.41) is 0.